The van der Waals surface area contributed by atoms with Crippen molar-refractivity contribution < 1.29 is 4.21 Å². The maximum atomic E-state index is 12.9. The van der Waals surface area contributed by atoms with Gasteiger partial charge in [-0.05, 0) is 61.5 Å². The third-order valence-corrected chi connectivity index (χ3v) is 6.77. The van der Waals surface area contributed by atoms with E-state index in [-0.39, 0.29) is 0 Å². The Morgan fingerprint density at radius 2 is 1.94 bits per heavy atom. The lowest BCUT2D eigenvalue weighted by molar-refractivity contribution is 0.670. The molecule has 0 aliphatic carbocycles. The zero-order chi connectivity index (χ0) is 21.2. The summed E-state index contributed by atoms with van der Waals surface area (Å²) >= 11 is 1.62. The van der Waals surface area contributed by atoms with Crippen molar-refractivity contribution in [3.63, 3.8) is 0 Å². The summed E-state index contributed by atoms with van der Waals surface area (Å²) in [6.45, 7) is 2.37. The molecule has 2 aromatic carbocycles. The number of hydrogen-bond acceptors (Lipinski definition) is 6. The first-order chi connectivity index (χ1) is 15.2. The molecule has 0 spiro atoms. The van der Waals surface area contributed by atoms with Gasteiger partial charge in [0.25, 0.3) is 0 Å². The SMILES string of the molecule is Cc1cccc(CNS(=O)c2ccc3nccc(Nc4ccc5scnc5c4)c3c2)n1. The minimum Gasteiger partial charge on any atom is -0.355 e. The Labute approximate surface area is 186 Å². The maximum Gasteiger partial charge on any atom is 0.125 e. The van der Waals surface area contributed by atoms with Crippen LogP contribution in [0.25, 0.3) is 21.1 Å². The van der Waals surface area contributed by atoms with E-state index in [0.717, 1.165) is 43.9 Å². The van der Waals surface area contributed by atoms with Crippen LogP contribution in [0.3, 0.4) is 0 Å². The number of anilines is 2. The van der Waals surface area contributed by atoms with Gasteiger partial charge in [0, 0.05) is 28.7 Å². The van der Waals surface area contributed by atoms with Gasteiger partial charge in [0.15, 0.2) is 0 Å². The third-order valence-electron chi connectivity index (χ3n) is 4.87. The van der Waals surface area contributed by atoms with Gasteiger partial charge in [0.05, 0.1) is 38.4 Å². The predicted octanol–water partition coefficient (Wildman–Crippen LogP) is 5.10. The molecule has 3 heterocycles. The average Bonchev–Trinajstić information content (AvgIpc) is 3.25. The Kier molecular flexibility index (Phi) is 5.42. The quantitative estimate of drug-likeness (QED) is 0.380. The van der Waals surface area contributed by atoms with Gasteiger partial charge in [-0.3, -0.25) is 9.97 Å². The Morgan fingerprint density at radius 3 is 2.84 bits per heavy atom. The van der Waals surface area contributed by atoms with Crippen molar-refractivity contribution in [2.75, 3.05) is 5.32 Å². The highest BCUT2D eigenvalue weighted by atomic mass is 32.2. The number of nitrogens with one attached hydrogen (secondary N) is 2. The fourth-order valence-electron chi connectivity index (χ4n) is 3.36. The number of benzene rings is 2. The van der Waals surface area contributed by atoms with E-state index >= 15 is 0 Å². The molecule has 154 valence electrons. The second-order valence-corrected chi connectivity index (χ2v) is 9.24. The molecule has 0 saturated carbocycles. The Hall–Kier alpha value is -3.20. The summed E-state index contributed by atoms with van der Waals surface area (Å²) in [6.07, 6.45) is 1.77. The van der Waals surface area contributed by atoms with Crippen LogP contribution in [0.5, 0.6) is 0 Å². The molecule has 0 bridgehead atoms. The van der Waals surface area contributed by atoms with Crippen molar-refractivity contribution in [2.45, 2.75) is 18.4 Å². The molecule has 0 saturated heterocycles. The van der Waals surface area contributed by atoms with Gasteiger partial charge in [0.2, 0.25) is 0 Å². The van der Waals surface area contributed by atoms with Gasteiger partial charge < -0.3 is 5.32 Å². The van der Waals surface area contributed by atoms with Crippen molar-refractivity contribution in [1.29, 1.82) is 0 Å². The van der Waals surface area contributed by atoms with Crippen molar-refractivity contribution in [3.8, 4) is 0 Å². The van der Waals surface area contributed by atoms with Crippen LogP contribution in [0, 0.1) is 6.92 Å². The van der Waals surface area contributed by atoms with E-state index in [1.807, 2.05) is 67.0 Å². The first kappa shape index (κ1) is 19.7. The second-order valence-electron chi connectivity index (χ2n) is 7.06. The molecular weight excluding hydrogens is 426 g/mol. The summed E-state index contributed by atoms with van der Waals surface area (Å²) in [4.78, 5) is 14.0. The van der Waals surface area contributed by atoms with E-state index in [1.54, 1.807) is 17.5 Å². The molecule has 1 unspecified atom stereocenters. The molecule has 0 aliphatic heterocycles. The van der Waals surface area contributed by atoms with Crippen LogP contribution >= 0.6 is 11.3 Å². The number of thiazole rings is 1. The number of nitrogens with zero attached hydrogens (tertiary/aromatic N) is 3. The number of pyridine rings is 2. The molecule has 5 rings (SSSR count). The van der Waals surface area contributed by atoms with Gasteiger partial charge in [-0.25, -0.2) is 13.9 Å². The Balaban J connectivity index is 1.41. The molecule has 2 N–H and O–H groups in total. The van der Waals surface area contributed by atoms with Crippen LogP contribution in [-0.4, -0.2) is 19.2 Å². The monoisotopic (exact) mass is 445 g/mol. The average molecular weight is 446 g/mol. The smallest absolute Gasteiger partial charge is 0.125 e. The van der Waals surface area contributed by atoms with Crippen molar-refractivity contribution in [3.05, 3.63) is 83.8 Å². The topological polar surface area (TPSA) is 79.8 Å². The van der Waals surface area contributed by atoms with Gasteiger partial charge in [-0.2, -0.15) is 0 Å². The fourth-order valence-corrected chi connectivity index (χ4v) is 4.88. The summed E-state index contributed by atoms with van der Waals surface area (Å²) in [6, 6.07) is 19.5. The van der Waals surface area contributed by atoms with E-state index in [4.69, 9.17) is 0 Å². The van der Waals surface area contributed by atoms with Crippen molar-refractivity contribution >= 4 is 54.8 Å². The van der Waals surface area contributed by atoms with E-state index in [9.17, 15) is 4.21 Å². The highest BCUT2D eigenvalue weighted by molar-refractivity contribution is 7.83. The predicted molar refractivity (Wildman–Crippen MR) is 127 cm³/mol. The molecule has 3 aromatic heterocycles. The minimum absolute atomic E-state index is 0.429. The maximum absolute atomic E-state index is 12.9. The van der Waals surface area contributed by atoms with E-state index < -0.39 is 11.0 Å². The standard InChI is InChI=1S/C23H19N5OS2/c1-15-3-2-4-17(27-15)13-26-31(29)18-6-7-20-19(12-18)21(9-10-24-20)28-16-5-8-23-22(11-16)25-14-30-23/h2-12,14,26H,13H2,1H3,(H,24,28). The summed E-state index contributed by atoms with van der Waals surface area (Å²) in [5, 5.41) is 4.36. The first-order valence-electron chi connectivity index (χ1n) is 9.72. The number of aryl methyl sites for hydroxylation is 1. The van der Waals surface area contributed by atoms with Gasteiger partial charge in [-0.1, -0.05) is 6.07 Å². The third kappa shape index (κ3) is 4.32. The summed E-state index contributed by atoms with van der Waals surface area (Å²) in [7, 11) is -1.37. The molecule has 0 aliphatic rings. The lowest BCUT2D eigenvalue weighted by Crippen LogP contribution is -2.17. The highest BCUT2D eigenvalue weighted by Gasteiger charge is 2.09. The summed E-state index contributed by atoms with van der Waals surface area (Å²) in [5.74, 6) is 0. The zero-order valence-corrected chi connectivity index (χ0v) is 18.3. The zero-order valence-electron chi connectivity index (χ0n) is 16.7. The normalized spacial score (nSPS) is 12.3. The minimum atomic E-state index is -1.37. The largest absolute Gasteiger partial charge is 0.355 e. The van der Waals surface area contributed by atoms with Crippen molar-refractivity contribution in [2.24, 2.45) is 0 Å². The Morgan fingerprint density at radius 1 is 1.00 bits per heavy atom. The van der Waals surface area contributed by atoms with Gasteiger partial charge in [0.1, 0.15) is 11.0 Å². The van der Waals surface area contributed by atoms with E-state index in [1.165, 1.54) is 0 Å². The lowest BCUT2D eigenvalue weighted by atomic mass is 10.2. The molecule has 0 fully saturated rings. The molecular formula is C23H19N5OS2. The van der Waals surface area contributed by atoms with Crippen LogP contribution in [0.2, 0.25) is 0 Å². The van der Waals surface area contributed by atoms with E-state index in [2.05, 4.69) is 31.1 Å². The number of fused-ring (bicyclic) bond motifs is 2. The van der Waals surface area contributed by atoms with Crippen LogP contribution in [-0.2, 0) is 17.5 Å². The lowest BCUT2D eigenvalue weighted by Gasteiger charge is -2.11. The Bertz CT molecular complexity index is 1420. The first-order valence-corrected chi connectivity index (χ1v) is 11.8. The van der Waals surface area contributed by atoms with Gasteiger partial charge >= 0.3 is 0 Å². The summed E-state index contributed by atoms with van der Waals surface area (Å²) in [5.41, 5.74) is 7.28. The molecule has 5 aromatic rings. The molecule has 6 nitrogen and oxygen atoms in total. The summed E-state index contributed by atoms with van der Waals surface area (Å²) < 4.78 is 17.1. The van der Waals surface area contributed by atoms with Gasteiger partial charge in [-0.15, -0.1) is 11.3 Å². The number of aromatic nitrogens is 3. The molecule has 1 atom stereocenters. The van der Waals surface area contributed by atoms with Crippen molar-refractivity contribution in [1.82, 2.24) is 19.7 Å². The van der Waals surface area contributed by atoms with Crippen LogP contribution in [0.1, 0.15) is 11.4 Å². The molecule has 8 heteroatoms. The second kappa shape index (κ2) is 8.50. The molecule has 31 heavy (non-hydrogen) atoms. The highest BCUT2D eigenvalue weighted by Crippen LogP contribution is 2.29. The molecule has 0 radical (unpaired) electrons. The number of hydrogen-bond donors (Lipinski definition) is 2. The number of rotatable bonds is 6. The van der Waals surface area contributed by atoms with E-state index in [0.29, 0.717) is 11.4 Å². The van der Waals surface area contributed by atoms with Crippen LogP contribution in [0.15, 0.2) is 77.3 Å². The van der Waals surface area contributed by atoms with Crippen LogP contribution < -0.4 is 10.0 Å². The molecule has 0 amide bonds. The van der Waals surface area contributed by atoms with Crippen LogP contribution in [0.4, 0.5) is 11.4 Å². The fraction of sp³-hybridized carbons (Fsp3) is 0.0870.